The summed E-state index contributed by atoms with van der Waals surface area (Å²) in [7, 11) is 0. The zero-order valence-corrected chi connectivity index (χ0v) is 22.2. The van der Waals surface area contributed by atoms with E-state index < -0.39 is 17.1 Å². The van der Waals surface area contributed by atoms with Crippen molar-refractivity contribution >= 4 is 63.1 Å². The van der Waals surface area contributed by atoms with E-state index in [0.717, 1.165) is 38.1 Å². The molecule has 0 bridgehead atoms. The highest BCUT2D eigenvalue weighted by molar-refractivity contribution is 8.18. The number of rotatable bonds is 8. The molecule has 5 rings (SSSR count). The Labute approximate surface area is 229 Å². The number of thioether (sulfide) groups is 2. The molecule has 1 fully saturated rings. The van der Waals surface area contributed by atoms with Gasteiger partial charge in [0.05, 0.1) is 4.91 Å². The number of carbonyl (C=O) groups excluding carboxylic acids is 3. The van der Waals surface area contributed by atoms with Crippen LogP contribution >= 0.6 is 23.5 Å². The maximum atomic E-state index is 12.9. The number of carbonyl (C=O) groups is 3. The Morgan fingerprint density at radius 3 is 2.55 bits per heavy atom. The SMILES string of the molecule is CSc1cccc(NC(=O)CN2C(=O)S/C(=C/c3ccc(OCc4cccc5ccccc45)cc3)C2=O)c1. The molecular weight excluding hydrogens is 516 g/mol. The number of fused-ring (bicyclic) bond motifs is 1. The van der Waals surface area contributed by atoms with Crippen LogP contribution in [0.4, 0.5) is 10.5 Å². The Kier molecular flexibility index (Phi) is 7.81. The van der Waals surface area contributed by atoms with E-state index >= 15 is 0 Å². The van der Waals surface area contributed by atoms with E-state index in [1.807, 2.05) is 66.9 Å². The van der Waals surface area contributed by atoms with Crippen molar-refractivity contribution in [3.63, 3.8) is 0 Å². The monoisotopic (exact) mass is 540 g/mol. The summed E-state index contributed by atoms with van der Waals surface area (Å²) in [4.78, 5) is 40.0. The summed E-state index contributed by atoms with van der Waals surface area (Å²) in [6, 6.07) is 29.0. The molecule has 0 aromatic heterocycles. The highest BCUT2D eigenvalue weighted by Crippen LogP contribution is 2.32. The summed E-state index contributed by atoms with van der Waals surface area (Å²) < 4.78 is 5.99. The van der Waals surface area contributed by atoms with Gasteiger partial charge in [0.25, 0.3) is 11.1 Å². The van der Waals surface area contributed by atoms with E-state index in [1.54, 1.807) is 23.9 Å². The van der Waals surface area contributed by atoms with Crippen LogP contribution in [0.1, 0.15) is 11.1 Å². The molecule has 0 aliphatic carbocycles. The fraction of sp³-hybridized carbons (Fsp3) is 0.100. The molecule has 3 amide bonds. The second-order valence-electron chi connectivity index (χ2n) is 8.54. The molecule has 1 saturated heterocycles. The fourth-order valence-electron chi connectivity index (χ4n) is 4.07. The quantitative estimate of drug-likeness (QED) is 0.195. The second-order valence-corrected chi connectivity index (χ2v) is 10.4. The van der Waals surface area contributed by atoms with Gasteiger partial charge >= 0.3 is 0 Å². The Morgan fingerprint density at radius 2 is 1.74 bits per heavy atom. The molecule has 1 heterocycles. The third-order valence-electron chi connectivity index (χ3n) is 5.98. The Morgan fingerprint density at radius 1 is 0.974 bits per heavy atom. The van der Waals surface area contributed by atoms with Crippen LogP contribution in [0.2, 0.25) is 0 Å². The van der Waals surface area contributed by atoms with Gasteiger partial charge in [-0.25, -0.2) is 0 Å². The first-order chi connectivity index (χ1) is 18.5. The minimum absolute atomic E-state index is 0.275. The summed E-state index contributed by atoms with van der Waals surface area (Å²) in [5, 5.41) is 4.60. The lowest BCUT2D eigenvalue weighted by molar-refractivity contribution is -0.127. The highest BCUT2D eigenvalue weighted by Gasteiger charge is 2.36. The zero-order valence-electron chi connectivity index (χ0n) is 20.5. The summed E-state index contributed by atoms with van der Waals surface area (Å²) >= 11 is 2.39. The van der Waals surface area contributed by atoms with Crippen molar-refractivity contribution in [1.82, 2.24) is 4.90 Å². The summed E-state index contributed by atoms with van der Waals surface area (Å²) in [6.45, 7) is 0.0929. The first-order valence-corrected chi connectivity index (χ1v) is 13.9. The topological polar surface area (TPSA) is 75.7 Å². The Hall–Kier alpha value is -4.01. The predicted molar refractivity (Wildman–Crippen MR) is 154 cm³/mol. The standard InChI is InChI=1S/C30H24N2O4S2/c1-37-25-10-5-9-23(17-25)31-28(33)18-32-29(34)27(38-30(32)35)16-20-12-14-24(15-13-20)36-19-22-8-4-7-21-6-2-3-11-26(21)22/h2-17H,18-19H2,1H3,(H,31,33)/b27-16+. The number of nitrogens with one attached hydrogen (secondary N) is 1. The molecule has 0 radical (unpaired) electrons. The van der Waals surface area contributed by atoms with Crippen LogP contribution in [-0.4, -0.2) is 34.8 Å². The van der Waals surface area contributed by atoms with Crippen molar-refractivity contribution in [3.05, 3.63) is 107 Å². The van der Waals surface area contributed by atoms with Gasteiger partial charge in [-0.3, -0.25) is 19.3 Å². The van der Waals surface area contributed by atoms with Crippen molar-refractivity contribution in [1.29, 1.82) is 0 Å². The minimum atomic E-state index is -0.482. The summed E-state index contributed by atoms with van der Waals surface area (Å²) in [5.41, 5.74) is 2.47. The zero-order chi connectivity index (χ0) is 26.5. The largest absolute Gasteiger partial charge is 0.489 e. The molecule has 4 aromatic rings. The maximum Gasteiger partial charge on any atom is 0.294 e. The van der Waals surface area contributed by atoms with Gasteiger partial charge in [0, 0.05) is 10.6 Å². The molecule has 8 heteroatoms. The highest BCUT2D eigenvalue weighted by atomic mass is 32.2. The van der Waals surface area contributed by atoms with Gasteiger partial charge in [-0.05, 0) is 76.3 Å². The van der Waals surface area contributed by atoms with Gasteiger partial charge in [0.1, 0.15) is 18.9 Å². The molecular formula is C30H24N2O4S2. The van der Waals surface area contributed by atoms with E-state index in [-0.39, 0.29) is 11.4 Å². The van der Waals surface area contributed by atoms with Crippen LogP contribution in [-0.2, 0) is 16.2 Å². The molecule has 4 aromatic carbocycles. The van der Waals surface area contributed by atoms with Gasteiger partial charge < -0.3 is 10.1 Å². The van der Waals surface area contributed by atoms with Crippen LogP contribution in [0.15, 0.2) is 101 Å². The van der Waals surface area contributed by atoms with Gasteiger partial charge in [0.2, 0.25) is 5.91 Å². The Balaban J connectivity index is 1.20. The van der Waals surface area contributed by atoms with Crippen molar-refractivity contribution in [2.24, 2.45) is 0 Å². The molecule has 1 N–H and O–H groups in total. The van der Waals surface area contributed by atoms with Crippen LogP contribution in [0, 0.1) is 0 Å². The van der Waals surface area contributed by atoms with Gasteiger partial charge in [0.15, 0.2) is 0 Å². The lowest BCUT2D eigenvalue weighted by atomic mass is 10.1. The number of hydrogen-bond acceptors (Lipinski definition) is 6. The smallest absolute Gasteiger partial charge is 0.294 e. The lowest BCUT2D eigenvalue weighted by Crippen LogP contribution is -2.36. The number of benzene rings is 4. The molecule has 0 unspecified atom stereocenters. The summed E-state index contributed by atoms with van der Waals surface area (Å²) in [5.74, 6) is -0.214. The maximum absolute atomic E-state index is 12.9. The average molecular weight is 541 g/mol. The van der Waals surface area contributed by atoms with Gasteiger partial charge in [-0.2, -0.15) is 0 Å². The molecule has 190 valence electrons. The molecule has 0 spiro atoms. The van der Waals surface area contributed by atoms with E-state index in [4.69, 9.17) is 4.74 Å². The number of imide groups is 1. The van der Waals surface area contributed by atoms with Gasteiger partial charge in [-0.15, -0.1) is 11.8 Å². The van der Waals surface area contributed by atoms with Crippen LogP contribution in [0.25, 0.3) is 16.8 Å². The van der Waals surface area contributed by atoms with Crippen LogP contribution in [0.5, 0.6) is 5.75 Å². The van der Waals surface area contributed by atoms with Crippen molar-refractivity contribution in [3.8, 4) is 5.75 Å². The fourth-order valence-corrected chi connectivity index (χ4v) is 5.37. The number of anilines is 1. The lowest BCUT2D eigenvalue weighted by Gasteiger charge is -2.12. The van der Waals surface area contributed by atoms with Gasteiger partial charge in [-0.1, -0.05) is 60.7 Å². The normalized spacial score (nSPS) is 14.3. The van der Waals surface area contributed by atoms with Crippen molar-refractivity contribution in [2.75, 3.05) is 18.1 Å². The number of hydrogen-bond donors (Lipinski definition) is 1. The number of ether oxygens (including phenoxy) is 1. The van der Waals surface area contributed by atoms with Crippen LogP contribution < -0.4 is 10.1 Å². The molecule has 1 aliphatic heterocycles. The third kappa shape index (κ3) is 5.93. The van der Waals surface area contributed by atoms with E-state index in [1.165, 1.54) is 5.39 Å². The first kappa shape index (κ1) is 25.6. The average Bonchev–Trinajstić information content (AvgIpc) is 3.19. The number of nitrogens with zero attached hydrogens (tertiary/aromatic N) is 1. The molecule has 38 heavy (non-hydrogen) atoms. The van der Waals surface area contributed by atoms with E-state index in [0.29, 0.717) is 18.0 Å². The second kappa shape index (κ2) is 11.6. The molecule has 1 aliphatic rings. The molecule has 6 nitrogen and oxygen atoms in total. The molecule has 0 atom stereocenters. The van der Waals surface area contributed by atoms with Crippen molar-refractivity contribution < 1.29 is 19.1 Å². The summed E-state index contributed by atoms with van der Waals surface area (Å²) in [6.07, 6.45) is 3.60. The van der Waals surface area contributed by atoms with E-state index in [9.17, 15) is 14.4 Å². The van der Waals surface area contributed by atoms with Crippen LogP contribution in [0.3, 0.4) is 0 Å². The predicted octanol–water partition coefficient (Wildman–Crippen LogP) is 6.82. The first-order valence-electron chi connectivity index (χ1n) is 11.9. The third-order valence-corrected chi connectivity index (χ3v) is 7.61. The minimum Gasteiger partial charge on any atom is -0.489 e. The number of amides is 3. The Bertz CT molecular complexity index is 1540. The molecule has 0 saturated carbocycles. The van der Waals surface area contributed by atoms with Crippen molar-refractivity contribution in [2.45, 2.75) is 11.5 Å². The van der Waals surface area contributed by atoms with E-state index in [2.05, 4.69) is 29.6 Å².